The molecule has 0 bridgehead atoms. The van der Waals surface area contributed by atoms with Crippen molar-refractivity contribution in [1.29, 1.82) is 0 Å². The molecule has 2 rings (SSSR count). The molecule has 0 aliphatic carbocycles. The maximum Gasteiger partial charge on any atom is 0.223 e. The third kappa shape index (κ3) is 4.01. The molecule has 1 amide bonds. The first-order valence-corrected chi connectivity index (χ1v) is 6.37. The molecule has 1 heterocycles. The van der Waals surface area contributed by atoms with Crippen molar-refractivity contribution < 1.29 is 9.53 Å². The van der Waals surface area contributed by atoms with Crippen LogP contribution in [0, 0.1) is 0 Å². The number of carbonyl (C=O) groups is 1. The van der Waals surface area contributed by atoms with Crippen molar-refractivity contribution in [2.24, 2.45) is 7.05 Å². The van der Waals surface area contributed by atoms with E-state index in [4.69, 9.17) is 10.5 Å². The van der Waals surface area contributed by atoms with Gasteiger partial charge in [-0.15, -0.1) is 0 Å². The van der Waals surface area contributed by atoms with Gasteiger partial charge in [-0.3, -0.25) is 9.48 Å². The van der Waals surface area contributed by atoms with Gasteiger partial charge >= 0.3 is 0 Å². The van der Waals surface area contributed by atoms with Crippen LogP contribution in [0.15, 0.2) is 36.5 Å². The number of nitrogens with two attached hydrogens (primary N) is 1. The van der Waals surface area contributed by atoms with Crippen molar-refractivity contribution in [1.82, 2.24) is 15.1 Å². The quantitative estimate of drug-likeness (QED) is 0.772. The number of rotatable bonds is 6. The molecule has 3 N–H and O–H groups in total. The van der Waals surface area contributed by atoms with E-state index in [2.05, 4.69) is 10.4 Å². The van der Waals surface area contributed by atoms with Crippen LogP contribution >= 0.6 is 0 Å². The summed E-state index contributed by atoms with van der Waals surface area (Å²) in [5.41, 5.74) is 7.22. The summed E-state index contributed by atoms with van der Waals surface area (Å²) < 4.78 is 7.19. The summed E-state index contributed by atoms with van der Waals surface area (Å²) in [5.74, 6) is 0.653. The lowest BCUT2D eigenvalue weighted by Gasteiger charge is -2.07. The zero-order valence-electron chi connectivity index (χ0n) is 11.4. The van der Waals surface area contributed by atoms with Crippen molar-refractivity contribution in [3.05, 3.63) is 42.2 Å². The van der Waals surface area contributed by atoms with E-state index in [1.54, 1.807) is 35.1 Å². The molecule has 0 aliphatic heterocycles. The van der Waals surface area contributed by atoms with Crippen molar-refractivity contribution in [2.75, 3.05) is 12.3 Å². The predicted molar refractivity (Wildman–Crippen MR) is 76.0 cm³/mol. The zero-order chi connectivity index (χ0) is 14.4. The Morgan fingerprint density at radius 3 is 2.75 bits per heavy atom. The van der Waals surface area contributed by atoms with E-state index in [-0.39, 0.29) is 5.91 Å². The van der Waals surface area contributed by atoms with Crippen LogP contribution in [0.5, 0.6) is 5.75 Å². The number of carbonyl (C=O) groups excluding carboxylic acids is 1. The fourth-order valence-electron chi connectivity index (χ4n) is 1.68. The number of aryl methyl sites for hydroxylation is 1. The van der Waals surface area contributed by atoms with Crippen molar-refractivity contribution in [2.45, 2.75) is 13.0 Å². The molecule has 0 saturated carbocycles. The smallest absolute Gasteiger partial charge is 0.223 e. The Morgan fingerprint density at radius 1 is 1.35 bits per heavy atom. The van der Waals surface area contributed by atoms with Crippen LogP contribution in [0.3, 0.4) is 0 Å². The molecule has 0 saturated heterocycles. The number of ether oxygens (including phenoxy) is 1. The van der Waals surface area contributed by atoms with Gasteiger partial charge in [0.2, 0.25) is 5.91 Å². The Labute approximate surface area is 117 Å². The van der Waals surface area contributed by atoms with E-state index in [0.717, 1.165) is 5.69 Å². The highest BCUT2D eigenvalue weighted by Gasteiger charge is 2.04. The first kappa shape index (κ1) is 13.9. The zero-order valence-corrected chi connectivity index (χ0v) is 11.4. The maximum atomic E-state index is 11.7. The van der Waals surface area contributed by atoms with Gasteiger partial charge in [0.05, 0.1) is 25.3 Å². The van der Waals surface area contributed by atoms with Crippen LogP contribution in [0.1, 0.15) is 12.1 Å². The molecule has 0 radical (unpaired) electrons. The van der Waals surface area contributed by atoms with E-state index < -0.39 is 0 Å². The van der Waals surface area contributed by atoms with Gasteiger partial charge in [0.1, 0.15) is 5.75 Å². The lowest BCUT2D eigenvalue weighted by Crippen LogP contribution is -2.25. The monoisotopic (exact) mass is 274 g/mol. The third-order valence-corrected chi connectivity index (χ3v) is 2.87. The summed E-state index contributed by atoms with van der Waals surface area (Å²) in [6, 6.07) is 8.95. The number of nitrogen functional groups attached to an aromatic ring is 1. The molecule has 0 unspecified atom stereocenters. The molecular weight excluding hydrogens is 256 g/mol. The molecule has 106 valence electrons. The number of nitrogens with one attached hydrogen (secondary N) is 1. The van der Waals surface area contributed by atoms with E-state index in [9.17, 15) is 4.79 Å². The molecule has 6 nitrogen and oxygen atoms in total. The highest BCUT2D eigenvalue weighted by atomic mass is 16.5. The Bertz CT molecular complexity index is 563. The van der Waals surface area contributed by atoms with Crippen molar-refractivity contribution >= 4 is 11.6 Å². The van der Waals surface area contributed by atoms with Gasteiger partial charge in [0, 0.05) is 18.9 Å². The molecule has 1 aromatic heterocycles. The van der Waals surface area contributed by atoms with E-state index in [0.29, 0.717) is 31.0 Å². The Kier molecular flexibility index (Phi) is 4.60. The molecule has 2 aromatic rings. The van der Waals surface area contributed by atoms with Crippen LogP contribution in [0.2, 0.25) is 0 Å². The minimum absolute atomic E-state index is 0.0540. The fraction of sp³-hybridized carbons (Fsp3) is 0.286. The van der Waals surface area contributed by atoms with E-state index in [1.807, 2.05) is 13.1 Å². The number of anilines is 1. The Morgan fingerprint density at radius 2 is 2.10 bits per heavy atom. The van der Waals surface area contributed by atoms with Gasteiger partial charge in [-0.05, 0) is 30.3 Å². The normalized spacial score (nSPS) is 10.2. The third-order valence-electron chi connectivity index (χ3n) is 2.87. The van der Waals surface area contributed by atoms with Crippen LogP contribution < -0.4 is 15.8 Å². The maximum absolute atomic E-state index is 11.7. The Hall–Kier alpha value is -2.50. The SMILES string of the molecule is Cn1nccc1CNC(=O)CCOc1ccc(N)cc1. The topological polar surface area (TPSA) is 82.2 Å². The molecule has 0 aliphatic rings. The molecule has 0 atom stereocenters. The molecule has 1 aromatic carbocycles. The summed E-state index contributed by atoms with van der Waals surface area (Å²) in [6.07, 6.45) is 2.01. The van der Waals surface area contributed by atoms with Crippen LogP contribution in [-0.2, 0) is 18.4 Å². The fourth-order valence-corrected chi connectivity index (χ4v) is 1.68. The van der Waals surface area contributed by atoms with Gasteiger partial charge < -0.3 is 15.8 Å². The molecule has 6 heteroatoms. The Balaban J connectivity index is 1.68. The minimum Gasteiger partial charge on any atom is -0.493 e. The highest BCUT2D eigenvalue weighted by Crippen LogP contribution is 2.13. The van der Waals surface area contributed by atoms with E-state index in [1.165, 1.54) is 0 Å². The average Bonchev–Trinajstić information content (AvgIpc) is 2.84. The number of amides is 1. The van der Waals surface area contributed by atoms with Gasteiger partial charge in [0.15, 0.2) is 0 Å². The van der Waals surface area contributed by atoms with Gasteiger partial charge in [0.25, 0.3) is 0 Å². The average molecular weight is 274 g/mol. The molecule has 0 fully saturated rings. The summed E-state index contributed by atoms with van der Waals surface area (Å²) in [5, 5.41) is 6.86. The molecular formula is C14H18N4O2. The number of aromatic nitrogens is 2. The number of hydrogen-bond donors (Lipinski definition) is 2. The van der Waals surface area contributed by atoms with E-state index >= 15 is 0 Å². The van der Waals surface area contributed by atoms with Crippen molar-refractivity contribution in [3.8, 4) is 5.75 Å². The van der Waals surface area contributed by atoms with Gasteiger partial charge in [-0.1, -0.05) is 0 Å². The first-order chi connectivity index (χ1) is 9.65. The lowest BCUT2D eigenvalue weighted by atomic mass is 10.3. The van der Waals surface area contributed by atoms with Crippen LogP contribution in [-0.4, -0.2) is 22.3 Å². The van der Waals surface area contributed by atoms with Crippen molar-refractivity contribution in [3.63, 3.8) is 0 Å². The second kappa shape index (κ2) is 6.60. The summed E-state index contributed by atoms with van der Waals surface area (Å²) >= 11 is 0. The minimum atomic E-state index is -0.0540. The first-order valence-electron chi connectivity index (χ1n) is 6.37. The highest BCUT2D eigenvalue weighted by molar-refractivity contribution is 5.75. The number of benzene rings is 1. The van der Waals surface area contributed by atoms with Gasteiger partial charge in [-0.25, -0.2) is 0 Å². The number of hydrogen-bond acceptors (Lipinski definition) is 4. The second-order valence-electron chi connectivity index (χ2n) is 4.39. The molecule has 20 heavy (non-hydrogen) atoms. The number of nitrogens with zero attached hydrogens (tertiary/aromatic N) is 2. The van der Waals surface area contributed by atoms with Crippen LogP contribution in [0.25, 0.3) is 0 Å². The second-order valence-corrected chi connectivity index (χ2v) is 4.39. The van der Waals surface area contributed by atoms with Gasteiger partial charge in [-0.2, -0.15) is 5.10 Å². The summed E-state index contributed by atoms with van der Waals surface area (Å²) in [7, 11) is 1.84. The summed E-state index contributed by atoms with van der Waals surface area (Å²) in [6.45, 7) is 0.804. The lowest BCUT2D eigenvalue weighted by molar-refractivity contribution is -0.121. The largest absolute Gasteiger partial charge is 0.493 e. The summed E-state index contributed by atoms with van der Waals surface area (Å²) in [4.78, 5) is 11.7. The van der Waals surface area contributed by atoms with Crippen LogP contribution in [0.4, 0.5) is 5.69 Å². The molecule has 0 spiro atoms. The standard InChI is InChI=1S/C14H18N4O2/c1-18-12(6-8-17-18)10-16-14(19)7-9-20-13-4-2-11(15)3-5-13/h2-6,8H,7,9-10,15H2,1H3,(H,16,19). The predicted octanol–water partition coefficient (Wildman–Crippen LogP) is 1.09.